The predicted molar refractivity (Wildman–Crippen MR) is 82.2 cm³/mol. The van der Waals surface area contributed by atoms with Crippen LogP contribution >= 0.6 is 12.2 Å². The molecule has 0 aromatic carbocycles. The Morgan fingerprint density at radius 1 is 1.42 bits per heavy atom. The lowest BCUT2D eigenvalue weighted by Crippen LogP contribution is -2.30. The van der Waals surface area contributed by atoms with E-state index in [1.807, 2.05) is 13.0 Å². The summed E-state index contributed by atoms with van der Waals surface area (Å²) in [6, 6.07) is 1.86. The molecule has 0 amide bonds. The second-order valence-corrected chi connectivity index (χ2v) is 5.17. The van der Waals surface area contributed by atoms with Crippen molar-refractivity contribution in [2.24, 2.45) is 0 Å². The standard InChI is InChI=1S/C14H20N4S/c1-11-7-9-15-13(17-11)18-14(19)16-10-8-12-5-3-2-4-6-12/h5,7,9H,2-4,6,8,10H2,1H3,(H2,15,16,17,18,19). The van der Waals surface area contributed by atoms with Crippen molar-refractivity contribution in [2.45, 2.75) is 39.0 Å². The van der Waals surface area contributed by atoms with Gasteiger partial charge in [0.2, 0.25) is 5.95 Å². The summed E-state index contributed by atoms with van der Waals surface area (Å²) in [4.78, 5) is 8.37. The zero-order chi connectivity index (χ0) is 13.5. The fraction of sp³-hybridized carbons (Fsp3) is 0.500. The third-order valence-corrected chi connectivity index (χ3v) is 3.38. The highest BCUT2D eigenvalue weighted by molar-refractivity contribution is 7.80. The largest absolute Gasteiger partial charge is 0.362 e. The first-order valence-electron chi connectivity index (χ1n) is 6.76. The Hall–Kier alpha value is -1.49. The van der Waals surface area contributed by atoms with Crippen molar-refractivity contribution < 1.29 is 0 Å². The molecule has 102 valence electrons. The fourth-order valence-electron chi connectivity index (χ4n) is 2.12. The van der Waals surface area contributed by atoms with Gasteiger partial charge in [0.15, 0.2) is 5.11 Å². The van der Waals surface area contributed by atoms with Gasteiger partial charge in [-0.1, -0.05) is 11.6 Å². The van der Waals surface area contributed by atoms with E-state index in [1.165, 1.54) is 25.7 Å². The summed E-state index contributed by atoms with van der Waals surface area (Å²) in [6.07, 6.45) is 10.3. The number of nitrogens with zero attached hydrogens (tertiary/aromatic N) is 2. The van der Waals surface area contributed by atoms with Crippen LogP contribution in [0.15, 0.2) is 23.9 Å². The average Bonchev–Trinajstić information content (AvgIpc) is 2.40. The van der Waals surface area contributed by atoms with Crippen LogP contribution in [0.1, 0.15) is 37.8 Å². The van der Waals surface area contributed by atoms with Gasteiger partial charge in [0, 0.05) is 18.4 Å². The molecule has 4 nitrogen and oxygen atoms in total. The van der Waals surface area contributed by atoms with E-state index in [-0.39, 0.29) is 0 Å². The van der Waals surface area contributed by atoms with Gasteiger partial charge in [0.05, 0.1) is 0 Å². The van der Waals surface area contributed by atoms with Gasteiger partial charge in [0.1, 0.15) is 0 Å². The monoisotopic (exact) mass is 276 g/mol. The van der Waals surface area contributed by atoms with E-state index in [2.05, 4.69) is 26.7 Å². The predicted octanol–water partition coefficient (Wildman–Crippen LogP) is 2.96. The number of rotatable bonds is 4. The molecule has 0 aliphatic heterocycles. The topological polar surface area (TPSA) is 49.8 Å². The van der Waals surface area contributed by atoms with Gasteiger partial charge in [-0.3, -0.25) is 0 Å². The van der Waals surface area contributed by atoms with Crippen molar-refractivity contribution in [1.29, 1.82) is 0 Å². The molecule has 0 saturated carbocycles. The summed E-state index contributed by atoms with van der Waals surface area (Å²) in [7, 11) is 0. The first-order valence-corrected chi connectivity index (χ1v) is 7.17. The molecule has 1 aliphatic rings. The maximum atomic E-state index is 5.22. The Bertz CT molecular complexity index is 470. The van der Waals surface area contributed by atoms with Crippen molar-refractivity contribution in [1.82, 2.24) is 15.3 Å². The van der Waals surface area contributed by atoms with E-state index in [0.717, 1.165) is 18.7 Å². The van der Waals surface area contributed by atoms with Gasteiger partial charge in [-0.05, 0) is 57.3 Å². The summed E-state index contributed by atoms with van der Waals surface area (Å²) in [6.45, 7) is 2.79. The van der Waals surface area contributed by atoms with Crippen LogP contribution in [0.4, 0.5) is 5.95 Å². The molecule has 0 atom stereocenters. The molecule has 1 heterocycles. The van der Waals surface area contributed by atoms with Crippen molar-refractivity contribution in [3.8, 4) is 0 Å². The molecule has 1 aromatic heterocycles. The van der Waals surface area contributed by atoms with Crippen LogP contribution in [0.25, 0.3) is 0 Å². The van der Waals surface area contributed by atoms with Crippen molar-refractivity contribution in [3.05, 3.63) is 29.6 Å². The lowest BCUT2D eigenvalue weighted by molar-refractivity contribution is 0.669. The molecular weight excluding hydrogens is 256 g/mol. The van der Waals surface area contributed by atoms with E-state index in [1.54, 1.807) is 11.8 Å². The van der Waals surface area contributed by atoms with Crippen molar-refractivity contribution in [2.75, 3.05) is 11.9 Å². The SMILES string of the molecule is Cc1ccnc(NC(=S)NCCC2=CCCCC2)n1. The van der Waals surface area contributed by atoms with Crippen molar-refractivity contribution in [3.63, 3.8) is 0 Å². The van der Waals surface area contributed by atoms with Gasteiger partial charge in [0.25, 0.3) is 0 Å². The Labute approximate surface area is 119 Å². The smallest absolute Gasteiger partial charge is 0.229 e. The summed E-state index contributed by atoms with van der Waals surface area (Å²) >= 11 is 5.22. The third kappa shape index (κ3) is 4.95. The van der Waals surface area contributed by atoms with Crippen LogP contribution in [-0.2, 0) is 0 Å². The summed E-state index contributed by atoms with van der Waals surface area (Å²) in [5, 5.41) is 6.78. The third-order valence-electron chi connectivity index (χ3n) is 3.14. The molecule has 2 rings (SSSR count). The molecule has 0 spiro atoms. The number of nitrogens with one attached hydrogen (secondary N) is 2. The Morgan fingerprint density at radius 3 is 3.05 bits per heavy atom. The first kappa shape index (κ1) is 13.9. The van der Waals surface area contributed by atoms with Crippen LogP contribution in [0.3, 0.4) is 0 Å². The van der Waals surface area contributed by atoms with Gasteiger partial charge in [-0.2, -0.15) is 0 Å². The lowest BCUT2D eigenvalue weighted by Gasteiger charge is -2.14. The second-order valence-electron chi connectivity index (χ2n) is 4.76. The minimum Gasteiger partial charge on any atom is -0.362 e. The molecular formula is C14H20N4S. The van der Waals surface area contributed by atoms with Gasteiger partial charge < -0.3 is 10.6 Å². The molecule has 0 bridgehead atoms. The number of allylic oxidation sites excluding steroid dienone is 1. The Balaban J connectivity index is 1.71. The van der Waals surface area contributed by atoms with E-state index in [0.29, 0.717) is 11.1 Å². The molecule has 0 radical (unpaired) electrons. The summed E-state index contributed by atoms with van der Waals surface area (Å²) < 4.78 is 0. The zero-order valence-corrected chi connectivity index (χ0v) is 12.1. The quantitative estimate of drug-likeness (QED) is 0.654. The Kier molecular flexibility index (Phi) is 5.27. The molecule has 0 saturated heterocycles. The molecule has 2 N–H and O–H groups in total. The maximum Gasteiger partial charge on any atom is 0.229 e. The normalized spacial score (nSPS) is 14.7. The second kappa shape index (κ2) is 7.19. The van der Waals surface area contributed by atoms with Gasteiger partial charge >= 0.3 is 0 Å². The fourth-order valence-corrected chi connectivity index (χ4v) is 2.32. The van der Waals surface area contributed by atoms with E-state index < -0.39 is 0 Å². The molecule has 19 heavy (non-hydrogen) atoms. The number of anilines is 1. The van der Waals surface area contributed by atoms with Gasteiger partial charge in [-0.15, -0.1) is 0 Å². The highest BCUT2D eigenvalue weighted by Gasteiger charge is 2.04. The van der Waals surface area contributed by atoms with Crippen LogP contribution < -0.4 is 10.6 Å². The van der Waals surface area contributed by atoms with Gasteiger partial charge in [-0.25, -0.2) is 9.97 Å². The van der Waals surface area contributed by atoms with Crippen LogP contribution in [0.2, 0.25) is 0 Å². The summed E-state index contributed by atoms with van der Waals surface area (Å²) in [5.41, 5.74) is 2.47. The highest BCUT2D eigenvalue weighted by Crippen LogP contribution is 2.19. The highest BCUT2D eigenvalue weighted by atomic mass is 32.1. The summed E-state index contributed by atoms with van der Waals surface area (Å²) in [5.74, 6) is 0.550. The molecule has 1 aromatic rings. The van der Waals surface area contributed by atoms with E-state index >= 15 is 0 Å². The number of aromatic nitrogens is 2. The minimum atomic E-state index is 0.550. The maximum absolute atomic E-state index is 5.22. The molecule has 5 heteroatoms. The first-order chi connectivity index (χ1) is 9.24. The van der Waals surface area contributed by atoms with E-state index in [4.69, 9.17) is 12.2 Å². The number of hydrogen-bond acceptors (Lipinski definition) is 3. The number of thiocarbonyl (C=S) groups is 1. The molecule has 0 fully saturated rings. The average molecular weight is 276 g/mol. The van der Waals surface area contributed by atoms with Crippen molar-refractivity contribution >= 4 is 23.3 Å². The molecule has 1 aliphatic carbocycles. The van der Waals surface area contributed by atoms with Crippen LogP contribution in [-0.4, -0.2) is 21.6 Å². The molecule has 0 unspecified atom stereocenters. The van der Waals surface area contributed by atoms with Crippen LogP contribution in [0, 0.1) is 6.92 Å². The van der Waals surface area contributed by atoms with E-state index in [9.17, 15) is 0 Å². The Morgan fingerprint density at radius 2 is 2.32 bits per heavy atom. The zero-order valence-electron chi connectivity index (χ0n) is 11.3. The number of hydrogen-bond donors (Lipinski definition) is 2. The lowest BCUT2D eigenvalue weighted by atomic mass is 9.97. The number of aryl methyl sites for hydroxylation is 1. The minimum absolute atomic E-state index is 0.550. The van der Waals surface area contributed by atoms with Crippen LogP contribution in [0.5, 0.6) is 0 Å².